The number of aryl methyl sites for hydroxylation is 1. The van der Waals surface area contributed by atoms with E-state index in [0.717, 1.165) is 0 Å². The monoisotopic (exact) mass is 337 g/mol. The molecule has 0 spiro atoms. The van der Waals surface area contributed by atoms with Crippen molar-refractivity contribution in [1.82, 2.24) is 0 Å². The standard InChI is InChI=1S/C16H18I/c1-12(2)14-8-10-15(11-9-14)17-16-7-5-4-6-13(16)3/h4-12H,1-3H3/q+1. The predicted octanol–water partition coefficient (Wildman–Crippen LogP) is 1.25. The van der Waals surface area contributed by atoms with E-state index in [2.05, 4.69) is 69.3 Å². The van der Waals surface area contributed by atoms with Gasteiger partial charge in [0.1, 0.15) is 0 Å². The van der Waals surface area contributed by atoms with Crippen molar-refractivity contribution in [2.75, 3.05) is 0 Å². The van der Waals surface area contributed by atoms with Crippen LogP contribution in [0.5, 0.6) is 0 Å². The summed E-state index contributed by atoms with van der Waals surface area (Å²) >= 11 is -0.0257. The molecule has 0 unspecified atom stereocenters. The van der Waals surface area contributed by atoms with Crippen LogP contribution in [0.4, 0.5) is 0 Å². The van der Waals surface area contributed by atoms with E-state index in [0.29, 0.717) is 5.92 Å². The van der Waals surface area contributed by atoms with E-state index in [1.165, 1.54) is 18.3 Å². The lowest BCUT2D eigenvalue weighted by Gasteiger charge is -2.02. The molecule has 88 valence electrons. The van der Waals surface area contributed by atoms with Crippen molar-refractivity contribution in [3.05, 3.63) is 66.8 Å². The van der Waals surface area contributed by atoms with Crippen LogP contribution in [0.25, 0.3) is 0 Å². The van der Waals surface area contributed by atoms with E-state index in [1.807, 2.05) is 0 Å². The third-order valence-electron chi connectivity index (χ3n) is 2.82. The fourth-order valence-electron chi connectivity index (χ4n) is 1.69. The van der Waals surface area contributed by atoms with Crippen LogP contribution in [0, 0.1) is 14.1 Å². The Balaban J connectivity index is 2.17. The minimum absolute atomic E-state index is 0.0257. The van der Waals surface area contributed by atoms with Gasteiger partial charge in [0.15, 0.2) is 7.14 Å². The molecule has 0 aromatic heterocycles. The molecule has 0 radical (unpaired) electrons. The van der Waals surface area contributed by atoms with Crippen molar-refractivity contribution in [3.63, 3.8) is 0 Å². The summed E-state index contributed by atoms with van der Waals surface area (Å²) in [5.41, 5.74) is 2.86. The quantitative estimate of drug-likeness (QED) is 0.740. The normalized spacial score (nSPS) is 10.8. The van der Waals surface area contributed by atoms with E-state index in [1.54, 1.807) is 0 Å². The largest absolute Gasteiger partial charge is 0.358 e. The van der Waals surface area contributed by atoms with Gasteiger partial charge >= 0.3 is 21.2 Å². The lowest BCUT2D eigenvalue weighted by atomic mass is 10.0. The molecule has 0 nitrogen and oxygen atoms in total. The Labute approximate surface area is 114 Å². The van der Waals surface area contributed by atoms with Crippen LogP contribution in [0.1, 0.15) is 30.9 Å². The van der Waals surface area contributed by atoms with Gasteiger partial charge in [0.05, 0.1) is 0 Å². The minimum Gasteiger partial charge on any atom is -0.0617 e. The highest BCUT2D eigenvalue weighted by Crippen LogP contribution is 2.12. The average molecular weight is 337 g/mol. The van der Waals surface area contributed by atoms with Crippen molar-refractivity contribution in [2.24, 2.45) is 0 Å². The van der Waals surface area contributed by atoms with Gasteiger partial charge in [-0.25, -0.2) is 0 Å². The topological polar surface area (TPSA) is 0 Å². The molecular formula is C16H18I+. The molecular weight excluding hydrogens is 319 g/mol. The molecule has 2 aromatic carbocycles. The van der Waals surface area contributed by atoms with Crippen molar-refractivity contribution >= 4 is 0 Å². The van der Waals surface area contributed by atoms with Gasteiger partial charge in [0.2, 0.25) is 0 Å². The second kappa shape index (κ2) is 5.67. The van der Waals surface area contributed by atoms with Gasteiger partial charge in [0, 0.05) is 5.56 Å². The van der Waals surface area contributed by atoms with Gasteiger partial charge in [-0.3, -0.25) is 0 Å². The molecule has 0 heterocycles. The van der Waals surface area contributed by atoms with Gasteiger partial charge in [-0.15, -0.1) is 0 Å². The highest BCUT2D eigenvalue weighted by atomic mass is 127. The van der Waals surface area contributed by atoms with E-state index < -0.39 is 0 Å². The maximum Gasteiger partial charge on any atom is 0.358 e. The zero-order chi connectivity index (χ0) is 12.3. The molecule has 0 N–H and O–H groups in total. The Morgan fingerprint density at radius 1 is 0.882 bits per heavy atom. The molecule has 0 aliphatic carbocycles. The molecule has 0 atom stereocenters. The summed E-state index contributed by atoms with van der Waals surface area (Å²) in [5, 5.41) is 0. The highest BCUT2D eigenvalue weighted by molar-refractivity contribution is 5.18. The molecule has 0 aliphatic heterocycles. The van der Waals surface area contributed by atoms with Crippen LogP contribution < -0.4 is 21.2 Å². The first-order chi connectivity index (χ1) is 8.16. The lowest BCUT2D eigenvalue weighted by molar-refractivity contribution is -0.598. The Kier molecular flexibility index (Phi) is 4.21. The van der Waals surface area contributed by atoms with Crippen LogP contribution in [0.15, 0.2) is 48.5 Å². The van der Waals surface area contributed by atoms with Gasteiger partial charge in [-0.05, 0) is 36.6 Å². The molecule has 0 aliphatic rings. The highest BCUT2D eigenvalue weighted by Gasteiger charge is 2.17. The van der Waals surface area contributed by atoms with Gasteiger partial charge in [-0.2, -0.15) is 0 Å². The molecule has 1 heteroatoms. The third-order valence-corrected chi connectivity index (χ3v) is 5.96. The third kappa shape index (κ3) is 3.32. The smallest absolute Gasteiger partial charge is 0.0617 e. The molecule has 0 saturated carbocycles. The van der Waals surface area contributed by atoms with E-state index >= 15 is 0 Å². The first-order valence-electron chi connectivity index (χ1n) is 5.97. The van der Waals surface area contributed by atoms with E-state index in [-0.39, 0.29) is 21.2 Å². The van der Waals surface area contributed by atoms with Crippen LogP contribution in [0.3, 0.4) is 0 Å². The molecule has 0 saturated heterocycles. The van der Waals surface area contributed by atoms with Crippen LogP contribution >= 0.6 is 0 Å². The van der Waals surface area contributed by atoms with E-state index in [4.69, 9.17) is 0 Å². The van der Waals surface area contributed by atoms with Crippen molar-refractivity contribution in [1.29, 1.82) is 0 Å². The van der Waals surface area contributed by atoms with Gasteiger partial charge in [0.25, 0.3) is 0 Å². The summed E-state index contributed by atoms with van der Waals surface area (Å²) in [6, 6.07) is 17.9. The maximum atomic E-state index is 2.30. The van der Waals surface area contributed by atoms with Gasteiger partial charge in [-0.1, -0.05) is 44.2 Å². The first-order valence-corrected chi connectivity index (χ1v) is 8.13. The zero-order valence-corrected chi connectivity index (χ0v) is 12.7. The van der Waals surface area contributed by atoms with Crippen molar-refractivity contribution in [3.8, 4) is 0 Å². The number of halogens is 1. The first kappa shape index (κ1) is 12.6. The average Bonchev–Trinajstić information content (AvgIpc) is 2.33. The summed E-state index contributed by atoms with van der Waals surface area (Å²) in [6.45, 7) is 6.69. The Hall–Kier alpha value is -0.830. The lowest BCUT2D eigenvalue weighted by Crippen LogP contribution is -3.61. The van der Waals surface area contributed by atoms with Crippen molar-refractivity contribution in [2.45, 2.75) is 26.7 Å². The van der Waals surface area contributed by atoms with Gasteiger partial charge < -0.3 is 0 Å². The number of rotatable bonds is 3. The molecule has 17 heavy (non-hydrogen) atoms. The fraction of sp³-hybridized carbons (Fsp3) is 0.250. The van der Waals surface area contributed by atoms with Crippen LogP contribution in [0.2, 0.25) is 0 Å². The molecule has 0 amide bonds. The Morgan fingerprint density at radius 3 is 2.12 bits per heavy atom. The maximum absolute atomic E-state index is 2.30. The molecule has 0 fully saturated rings. The summed E-state index contributed by atoms with van der Waals surface area (Å²) in [7, 11) is 0. The second-order valence-corrected chi connectivity index (χ2v) is 7.50. The molecule has 2 rings (SSSR count). The van der Waals surface area contributed by atoms with Crippen molar-refractivity contribution < 1.29 is 21.2 Å². The summed E-state index contributed by atoms with van der Waals surface area (Å²) in [6.07, 6.45) is 0. The minimum atomic E-state index is -0.0257. The molecule has 2 aromatic rings. The van der Waals surface area contributed by atoms with E-state index in [9.17, 15) is 0 Å². The summed E-state index contributed by atoms with van der Waals surface area (Å²) < 4.78 is 3.03. The summed E-state index contributed by atoms with van der Waals surface area (Å²) in [4.78, 5) is 0. The number of hydrogen-bond donors (Lipinski definition) is 0. The summed E-state index contributed by atoms with van der Waals surface area (Å²) in [5.74, 6) is 0.626. The Morgan fingerprint density at radius 2 is 1.53 bits per heavy atom. The SMILES string of the molecule is Cc1ccccc1[I+]c1ccc(C(C)C)cc1. The predicted molar refractivity (Wildman–Crippen MR) is 69.1 cm³/mol. The van der Waals surface area contributed by atoms with Crippen LogP contribution in [-0.4, -0.2) is 0 Å². The Bertz CT molecular complexity index is 483. The molecule has 0 bridgehead atoms. The number of benzene rings is 2. The number of hydrogen-bond acceptors (Lipinski definition) is 0. The second-order valence-electron chi connectivity index (χ2n) is 4.55. The van der Waals surface area contributed by atoms with Crippen LogP contribution in [-0.2, 0) is 0 Å². The fourth-order valence-corrected chi connectivity index (χ4v) is 4.07. The zero-order valence-electron chi connectivity index (χ0n) is 10.6.